The van der Waals surface area contributed by atoms with Crippen molar-refractivity contribution in [1.82, 2.24) is 0 Å². The number of ether oxygens (including phenoxy) is 3. The minimum absolute atomic E-state index is 0.271. The number of benzene rings is 1. The predicted octanol–water partition coefficient (Wildman–Crippen LogP) is 3.11. The Bertz CT molecular complexity index is 324. The van der Waals surface area contributed by atoms with Gasteiger partial charge in [-0.15, -0.1) is 0 Å². The summed E-state index contributed by atoms with van der Waals surface area (Å²) in [7, 11) is 1.66. The fourth-order valence-corrected chi connectivity index (χ4v) is 1.39. The van der Waals surface area contributed by atoms with Gasteiger partial charge in [0.25, 0.3) is 0 Å². The Morgan fingerprint density at radius 3 is 2.12 bits per heavy atom. The van der Waals surface area contributed by atoms with Crippen molar-refractivity contribution >= 4 is 6.08 Å². The summed E-state index contributed by atoms with van der Waals surface area (Å²) in [6.45, 7) is 5.18. The van der Waals surface area contributed by atoms with E-state index in [1.165, 1.54) is 0 Å². The normalized spacial score (nSPS) is 11.3. The third-order valence-electron chi connectivity index (χ3n) is 2.22. The minimum Gasteiger partial charge on any atom is -0.497 e. The molecule has 0 atom stereocenters. The maximum absolute atomic E-state index is 5.42. The van der Waals surface area contributed by atoms with E-state index in [0.717, 1.165) is 11.3 Å². The van der Waals surface area contributed by atoms with Crippen LogP contribution in [0.2, 0.25) is 0 Å². The summed E-state index contributed by atoms with van der Waals surface area (Å²) in [6, 6.07) is 7.83. The van der Waals surface area contributed by atoms with Crippen molar-refractivity contribution in [2.24, 2.45) is 0 Å². The van der Waals surface area contributed by atoms with Crippen molar-refractivity contribution in [3.8, 4) is 5.75 Å². The van der Waals surface area contributed by atoms with Gasteiger partial charge in [0, 0.05) is 13.2 Å². The molecule has 0 spiro atoms. The lowest BCUT2D eigenvalue weighted by molar-refractivity contribution is -0.103. The van der Waals surface area contributed by atoms with E-state index >= 15 is 0 Å². The van der Waals surface area contributed by atoms with Crippen LogP contribution in [0.1, 0.15) is 19.4 Å². The van der Waals surface area contributed by atoms with Crippen LogP contribution < -0.4 is 4.74 Å². The monoisotopic (exact) mass is 236 g/mol. The highest BCUT2D eigenvalue weighted by atomic mass is 16.7. The lowest BCUT2D eigenvalue weighted by Gasteiger charge is -2.12. The van der Waals surface area contributed by atoms with Crippen LogP contribution in [-0.4, -0.2) is 26.6 Å². The first-order chi connectivity index (χ1) is 8.30. The van der Waals surface area contributed by atoms with Crippen molar-refractivity contribution in [2.75, 3.05) is 20.3 Å². The summed E-state index contributed by atoms with van der Waals surface area (Å²) in [5, 5.41) is 0. The molecule has 1 aromatic rings. The molecule has 1 rings (SSSR count). The van der Waals surface area contributed by atoms with Gasteiger partial charge in [-0.1, -0.05) is 18.2 Å². The Hall–Kier alpha value is -1.32. The first kappa shape index (κ1) is 13.7. The molecule has 0 aliphatic rings. The third-order valence-corrected chi connectivity index (χ3v) is 2.22. The maximum atomic E-state index is 5.42. The van der Waals surface area contributed by atoms with E-state index in [2.05, 4.69) is 0 Å². The lowest BCUT2D eigenvalue weighted by atomic mass is 10.2. The molecule has 0 aliphatic heterocycles. The molecule has 0 bridgehead atoms. The fraction of sp³-hybridized carbons (Fsp3) is 0.429. The fourth-order valence-electron chi connectivity index (χ4n) is 1.39. The SMILES string of the molecule is CCOC(C=Cc1ccc(OC)cc1)OCC. The zero-order valence-corrected chi connectivity index (χ0v) is 10.7. The van der Waals surface area contributed by atoms with Crippen LogP contribution in [-0.2, 0) is 9.47 Å². The van der Waals surface area contributed by atoms with Crippen LogP contribution in [0, 0.1) is 0 Å². The molecule has 0 saturated heterocycles. The average Bonchev–Trinajstić information content (AvgIpc) is 2.37. The zero-order chi connectivity index (χ0) is 12.5. The van der Waals surface area contributed by atoms with Crippen molar-refractivity contribution in [3.05, 3.63) is 35.9 Å². The summed E-state index contributed by atoms with van der Waals surface area (Å²) in [4.78, 5) is 0. The van der Waals surface area contributed by atoms with Crippen LogP contribution in [0.5, 0.6) is 5.75 Å². The molecule has 0 unspecified atom stereocenters. The quantitative estimate of drug-likeness (QED) is 0.681. The Labute approximate surface area is 103 Å². The lowest BCUT2D eigenvalue weighted by Crippen LogP contribution is -2.13. The van der Waals surface area contributed by atoms with Gasteiger partial charge in [0.15, 0.2) is 6.29 Å². The molecule has 3 nitrogen and oxygen atoms in total. The van der Waals surface area contributed by atoms with E-state index in [1.54, 1.807) is 7.11 Å². The minimum atomic E-state index is -0.271. The first-order valence-electron chi connectivity index (χ1n) is 5.85. The van der Waals surface area contributed by atoms with E-state index in [0.29, 0.717) is 13.2 Å². The topological polar surface area (TPSA) is 27.7 Å². The zero-order valence-electron chi connectivity index (χ0n) is 10.7. The van der Waals surface area contributed by atoms with E-state index in [-0.39, 0.29) is 6.29 Å². The van der Waals surface area contributed by atoms with Crippen molar-refractivity contribution in [2.45, 2.75) is 20.1 Å². The molecule has 94 valence electrons. The van der Waals surface area contributed by atoms with Gasteiger partial charge < -0.3 is 14.2 Å². The number of hydrogen-bond donors (Lipinski definition) is 0. The summed E-state index contributed by atoms with van der Waals surface area (Å²) in [5.74, 6) is 0.855. The van der Waals surface area contributed by atoms with Gasteiger partial charge in [0.2, 0.25) is 0 Å². The summed E-state index contributed by atoms with van der Waals surface area (Å²) < 4.78 is 15.9. The number of hydrogen-bond acceptors (Lipinski definition) is 3. The summed E-state index contributed by atoms with van der Waals surface area (Å²) >= 11 is 0. The molecular formula is C14H20O3. The van der Waals surface area contributed by atoms with E-state index < -0.39 is 0 Å². The molecular weight excluding hydrogens is 216 g/mol. The first-order valence-corrected chi connectivity index (χ1v) is 5.85. The molecule has 0 amide bonds. The smallest absolute Gasteiger partial charge is 0.177 e. The third kappa shape index (κ3) is 5.02. The van der Waals surface area contributed by atoms with Gasteiger partial charge in [0.1, 0.15) is 5.75 Å². The van der Waals surface area contributed by atoms with Gasteiger partial charge in [-0.05, 0) is 37.6 Å². The second-order valence-corrected chi connectivity index (χ2v) is 3.41. The Morgan fingerprint density at radius 2 is 1.65 bits per heavy atom. The second kappa shape index (κ2) is 7.87. The van der Waals surface area contributed by atoms with Gasteiger partial charge in [-0.25, -0.2) is 0 Å². The standard InChI is InChI=1S/C14H20O3/c1-4-16-14(17-5-2)11-8-12-6-9-13(15-3)10-7-12/h6-11,14H,4-5H2,1-3H3. The van der Waals surface area contributed by atoms with Crippen LogP contribution in [0.25, 0.3) is 6.08 Å². The molecule has 0 fully saturated rings. The highest BCUT2D eigenvalue weighted by Crippen LogP contribution is 2.13. The Morgan fingerprint density at radius 1 is 1.06 bits per heavy atom. The Balaban J connectivity index is 2.59. The summed E-state index contributed by atoms with van der Waals surface area (Å²) in [5.41, 5.74) is 1.09. The molecule has 0 saturated carbocycles. The predicted molar refractivity (Wildman–Crippen MR) is 69.1 cm³/mol. The largest absolute Gasteiger partial charge is 0.497 e. The highest BCUT2D eigenvalue weighted by molar-refractivity contribution is 5.50. The molecule has 0 radical (unpaired) electrons. The Kier molecular flexibility index (Phi) is 6.37. The molecule has 0 N–H and O–H groups in total. The molecule has 0 aliphatic carbocycles. The molecule has 17 heavy (non-hydrogen) atoms. The maximum Gasteiger partial charge on any atom is 0.177 e. The number of methoxy groups -OCH3 is 1. The van der Waals surface area contributed by atoms with Gasteiger partial charge in [-0.2, -0.15) is 0 Å². The molecule has 3 heteroatoms. The van der Waals surface area contributed by atoms with Crippen LogP contribution >= 0.6 is 0 Å². The molecule has 1 aromatic carbocycles. The van der Waals surface area contributed by atoms with Crippen LogP contribution in [0.3, 0.4) is 0 Å². The van der Waals surface area contributed by atoms with E-state index in [4.69, 9.17) is 14.2 Å². The van der Waals surface area contributed by atoms with Crippen molar-refractivity contribution in [1.29, 1.82) is 0 Å². The van der Waals surface area contributed by atoms with E-state index in [9.17, 15) is 0 Å². The van der Waals surface area contributed by atoms with Crippen molar-refractivity contribution in [3.63, 3.8) is 0 Å². The average molecular weight is 236 g/mol. The second-order valence-electron chi connectivity index (χ2n) is 3.41. The molecule has 0 aromatic heterocycles. The van der Waals surface area contributed by atoms with Gasteiger partial charge >= 0.3 is 0 Å². The van der Waals surface area contributed by atoms with Crippen LogP contribution in [0.15, 0.2) is 30.3 Å². The number of rotatable bonds is 7. The van der Waals surface area contributed by atoms with Crippen molar-refractivity contribution < 1.29 is 14.2 Å². The summed E-state index contributed by atoms with van der Waals surface area (Å²) in [6.07, 6.45) is 3.62. The van der Waals surface area contributed by atoms with Gasteiger partial charge in [0.05, 0.1) is 7.11 Å². The molecule has 0 heterocycles. The highest BCUT2D eigenvalue weighted by Gasteiger charge is 2.01. The van der Waals surface area contributed by atoms with Crippen LogP contribution in [0.4, 0.5) is 0 Å². The van der Waals surface area contributed by atoms with E-state index in [1.807, 2.05) is 50.3 Å². The van der Waals surface area contributed by atoms with Gasteiger partial charge in [-0.3, -0.25) is 0 Å².